The van der Waals surface area contributed by atoms with Gasteiger partial charge in [0.15, 0.2) is 0 Å². The van der Waals surface area contributed by atoms with E-state index in [0.717, 1.165) is 0 Å². The van der Waals surface area contributed by atoms with Gasteiger partial charge in [0.05, 0.1) is 32.6 Å². The fourth-order valence-electron chi connectivity index (χ4n) is 12.6. The third kappa shape index (κ3) is 33.3. The summed E-state index contributed by atoms with van der Waals surface area (Å²) >= 11 is 0. The Kier molecular flexibility index (Phi) is 42.7. The van der Waals surface area contributed by atoms with Crippen molar-refractivity contribution in [2.24, 2.45) is 46.4 Å². The third-order valence-corrected chi connectivity index (χ3v) is 19.1. The number of carboxylic acids is 2. The highest BCUT2D eigenvalue weighted by atomic mass is 16.4. The number of carboxylic acid groups (broad SMARTS) is 2. The smallest absolute Gasteiger partial charge is 0.326 e. The van der Waals surface area contributed by atoms with Crippen LogP contribution in [0.3, 0.4) is 0 Å². The summed E-state index contributed by atoms with van der Waals surface area (Å²) in [6.07, 6.45) is -0.341. The molecule has 3 rings (SSSR count). The monoisotopic (exact) mass is 1610 g/mol. The fraction of sp³-hybridized carbons (Fsp3) is 0.671. The maximum atomic E-state index is 14.8. The number of benzene rings is 1. The summed E-state index contributed by atoms with van der Waals surface area (Å²) in [5, 5.41) is 68.7. The number of hydrogen-bond acceptors (Lipinski definition) is 23. The van der Waals surface area contributed by atoms with Gasteiger partial charge in [-0.05, 0) is 127 Å². The normalized spacial score (nSPS) is 17.3. The summed E-state index contributed by atoms with van der Waals surface area (Å²) in [5.41, 5.74) is 28.3. The van der Waals surface area contributed by atoms with Crippen LogP contribution >= 0.6 is 0 Å². The topological polar surface area (TPSA) is 669 Å². The Balaban J connectivity index is 1.80. The second-order valence-corrected chi connectivity index (χ2v) is 29.4. The lowest BCUT2D eigenvalue weighted by molar-refractivity contribution is -0.148. The van der Waals surface area contributed by atoms with Gasteiger partial charge in [0, 0.05) is 25.9 Å². The summed E-state index contributed by atoms with van der Waals surface area (Å²) in [4.78, 5) is 246. The average molecular weight is 1610 g/mol. The third-order valence-electron chi connectivity index (χ3n) is 19.1. The SMILES string of the molecule is CC[C@H](C)[C@H](NC(=O)[C@H](CO)NC(=O)[C@H](CC(N)=O)NC(=O)[C@H](CCCCN)NC(=O)[C@@H]1CCCN1C(=O)[C@@H]1CCCN1C(=O)[C@H](CC(C)C)NC(=O)[C@H](CC(C)C)NC(=O)CNC(=O)[C@H](CCC(N)=O)NC(=O)[C@@H](N)CO)C(=O)N[C@@H](CC(=O)O)C(=O)N[C@@H](C)C(=O)N[C@@H](Cc1ccccc1)C(=O)N[C@@H](CCCCN)C(=O)O. The van der Waals surface area contributed by atoms with Crippen LogP contribution in [0.15, 0.2) is 30.3 Å². The first-order valence-corrected chi connectivity index (χ1v) is 38.5. The van der Waals surface area contributed by atoms with Crippen LogP contribution in [-0.2, 0) is 92.7 Å². The molecule has 15 atom stereocenters. The van der Waals surface area contributed by atoms with Crippen molar-refractivity contribution in [2.45, 2.75) is 249 Å². The van der Waals surface area contributed by atoms with Crippen LogP contribution < -0.4 is 92.5 Å². The van der Waals surface area contributed by atoms with E-state index in [2.05, 4.69) is 63.8 Å². The maximum Gasteiger partial charge on any atom is 0.326 e. The number of carbonyl (C=O) groups excluding carboxylic acids is 16. The number of hydrogen-bond donors (Lipinski definition) is 21. The Labute approximate surface area is 661 Å². The Morgan fingerprint density at radius 3 is 1.54 bits per heavy atom. The zero-order chi connectivity index (χ0) is 85.6. The van der Waals surface area contributed by atoms with Crippen molar-refractivity contribution < 1.29 is 107 Å². The zero-order valence-electron chi connectivity index (χ0n) is 65.8. The predicted molar refractivity (Wildman–Crippen MR) is 408 cm³/mol. The minimum Gasteiger partial charge on any atom is -0.481 e. The molecule has 0 bridgehead atoms. The van der Waals surface area contributed by atoms with Crippen molar-refractivity contribution in [3.05, 3.63) is 35.9 Å². The lowest BCUT2D eigenvalue weighted by atomic mass is 9.97. The minimum absolute atomic E-state index is 0.0246. The summed E-state index contributed by atoms with van der Waals surface area (Å²) in [5.74, 6) is -19.5. The summed E-state index contributed by atoms with van der Waals surface area (Å²) < 4.78 is 0. The molecular weight excluding hydrogens is 1490 g/mol. The number of aliphatic hydroxyl groups excluding tert-OH is 2. The van der Waals surface area contributed by atoms with Gasteiger partial charge < -0.3 is 123 Å². The van der Waals surface area contributed by atoms with Gasteiger partial charge in [0.1, 0.15) is 84.6 Å². The molecule has 41 nitrogen and oxygen atoms in total. The Morgan fingerprint density at radius 1 is 0.482 bits per heavy atom. The van der Waals surface area contributed by atoms with E-state index in [0.29, 0.717) is 37.7 Å². The molecule has 2 fully saturated rings. The largest absolute Gasteiger partial charge is 0.481 e. The lowest BCUT2D eigenvalue weighted by Gasteiger charge is -2.34. The molecule has 0 unspecified atom stereocenters. The Hall–Kier alpha value is -10.5. The van der Waals surface area contributed by atoms with Gasteiger partial charge in [-0.3, -0.25) is 81.5 Å². The predicted octanol–water partition coefficient (Wildman–Crippen LogP) is -6.91. The van der Waals surface area contributed by atoms with Crippen molar-refractivity contribution >= 4 is 106 Å². The van der Waals surface area contributed by atoms with E-state index in [4.69, 9.17) is 28.7 Å². The first-order valence-electron chi connectivity index (χ1n) is 38.5. The molecule has 0 aliphatic carbocycles. The Bertz CT molecular complexity index is 3480. The summed E-state index contributed by atoms with van der Waals surface area (Å²) in [7, 11) is 0. The second kappa shape index (κ2) is 49.9. The number of aliphatic hydroxyl groups is 2. The fourth-order valence-corrected chi connectivity index (χ4v) is 12.6. The van der Waals surface area contributed by atoms with Crippen LogP contribution in [0.1, 0.15) is 163 Å². The number of likely N-dealkylation sites (tertiary alicyclic amines) is 2. The van der Waals surface area contributed by atoms with E-state index < -0.39 is 230 Å². The van der Waals surface area contributed by atoms with Gasteiger partial charge in [-0.25, -0.2) is 4.79 Å². The maximum absolute atomic E-state index is 14.8. The molecule has 114 heavy (non-hydrogen) atoms. The molecule has 2 aliphatic rings. The van der Waals surface area contributed by atoms with Crippen LogP contribution in [0.25, 0.3) is 0 Å². The number of nitrogens with one attached hydrogen (secondary N) is 12. The quantitative estimate of drug-likeness (QED) is 0.0270. The first kappa shape index (κ1) is 97.7. The number of unbranched alkanes of at least 4 members (excludes halogenated alkanes) is 2. The highest BCUT2D eigenvalue weighted by Gasteiger charge is 2.46. The molecule has 0 saturated carbocycles. The first-order chi connectivity index (χ1) is 53.8. The number of aliphatic carboxylic acids is 2. The van der Waals surface area contributed by atoms with Crippen molar-refractivity contribution in [1.82, 2.24) is 73.6 Å². The molecule has 2 heterocycles. The molecule has 638 valence electrons. The molecule has 0 aromatic heterocycles. The van der Waals surface area contributed by atoms with Gasteiger partial charge in [0.2, 0.25) is 94.5 Å². The second-order valence-electron chi connectivity index (χ2n) is 29.4. The number of nitrogens with zero attached hydrogens (tertiary/aromatic N) is 2. The Morgan fingerprint density at radius 2 is 0.974 bits per heavy atom. The van der Waals surface area contributed by atoms with Crippen LogP contribution in [0.5, 0.6) is 0 Å². The summed E-state index contributed by atoms with van der Waals surface area (Å²) in [6.45, 7) is 9.28. The van der Waals surface area contributed by atoms with Crippen molar-refractivity contribution in [3.63, 3.8) is 0 Å². The molecule has 1 aromatic carbocycles. The van der Waals surface area contributed by atoms with E-state index >= 15 is 0 Å². The number of rotatable bonds is 52. The number of amides is 16. The van der Waals surface area contributed by atoms with E-state index in [1.165, 1.54) is 23.6 Å². The summed E-state index contributed by atoms with van der Waals surface area (Å²) in [6, 6.07) is -12.5. The lowest BCUT2D eigenvalue weighted by Crippen LogP contribution is -2.62. The standard InChI is InChI=1S/C73H119N19O22/c1-8-40(6)59(70(110)87-50(34-58(98)99)64(104)80-41(7)60(100)85-48(32-42-18-10-9-11-19-42)66(106)84-46(73(113)114)21-13-15-27-75)90-68(108)52(37-94)89-67(107)49(33-56(78)96)86-63(103)44(20-12-14-26-74)83-69(109)53-22-16-28-91(53)72(112)54-23-17-29-92(54)71(111)51(31-39(4)5)88-65(105)47(30-38(2)3)81-57(97)35-79-62(102)45(24-25-55(77)95)82-61(101)43(76)36-93/h9-11,18-19,38-41,43-54,59,93-94H,8,12-17,20-37,74-76H2,1-7H3,(H2,77,95)(H2,78,96)(H,79,102)(H,80,104)(H,81,97)(H,82,101)(H,83,109)(H,84,106)(H,85,100)(H,86,103)(H,87,110)(H,88,105)(H,89,107)(H,90,108)(H,98,99)(H,113,114)/t40-,41-,43-,44-,45-,46-,47-,48-,49-,50-,51-,52-,53-,54-,59-/m0/s1. The van der Waals surface area contributed by atoms with Crippen molar-refractivity contribution in [2.75, 3.05) is 45.9 Å². The molecule has 2 aliphatic heterocycles. The van der Waals surface area contributed by atoms with Crippen LogP contribution in [0, 0.1) is 17.8 Å². The van der Waals surface area contributed by atoms with Gasteiger partial charge >= 0.3 is 11.9 Å². The molecule has 26 N–H and O–H groups in total. The molecule has 16 amide bonds. The van der Waals surface area contributed by atoms with Crippen molar-refractivity contribution in [3.8, 4) is 0 Å². The van der Waals surface area contributed by atoms with Crippen LogP contribution in [0.2, 0.25) is 0 Å². The van der Waals surface area contributed by atoms with Gasteiger partial charge in [-0.1, -0.05) is 78.3 Å². The minimum atomic E-state index is -1.96. The number of primary amides is 2. The molecule has 41 heteroatoms. The van der Waals surface area contributed by atoms with Gasteiger partial charge in [-0.2, -0.15) is 0 Å². The van der Waals surface area contributed by atoms with Crippen LogP contribution in [-0.4, -0.2) is 267 Å². The van der Waals surface area contributed by atoms with E-state index in [-0.39, 0.29) is 109 Å². The number of carbonyl (C=O) groups is 18. The van der Waals surface area contributed by atoms with E-state index in [9.17, 15) is 107 Å². The van der Waals surface area contributed by atoms with Crippen molar-refractivity contribution in [1.29, 1.82) is 0 Å². The van der Waals surface area contributed by atoms with Gasteiger partial charge in [-0.15, -0.1) is 0 Å². The highest BCUT2D eigenvalue weighted by Crippen LogP contribution is 2.27. The molecular formula is C73H119N19O22. The molecule has 0 spiro atoms. The number of nitrogens with two attached hydrogens (primary N) is 5. The molecule has 0 radical (unpaired) electrons. The average Bonchev–Trinajstić information content (AvgIpc) is 1.64. The highest BCUT2D eigenvalue weighted by molar-refractivity contribution is 6.01. The molecule has 1 aromatic rings. The van der Waals surface area contributed by atoms with Gasteiger partial charge in [0.25, 0.3) is 0 Å². The van der Waals surface area contributed by atoms with E-state index in [1.54, 1.807) is 65.0 Å². The zero-order valence-corrected chi connectivity index (χ0v) is 65.8. The van der Waals surface area contributed by atoms with E-state index in [1.807, 2.05) is 0 Å². The van der Waals surface area contributed by atoms with Crippen LogP contribution in [0.4, 0.5) is 0 Å². The molecule has 2 saturated heterocycles.